The summed E-state index contributed by atoms with van der Waals surface area (Å²) >= 11 is 0. The van der Waals surface area contributed by atoms with Crippen LogP contribution >= 0.6 is 0 Å². The predicted molar refractivity (Wildman–Crippen MR) is 89.7 cm³/mol. The number of hydrogen-bond acceptors (Lipinski definition) is 4. The van der Waals surface area contributed by atoms with Crippen molar-refractivity contribution >= 4 is 23.5 Å². The number of esters is 1. The molecule has 2 aromatic carbocycles. The van der Waals surface area contributed by atoms with Crippen LogP contribution in [0.4, 0.5) is 14.5 Å². The van der Waals surface area contributed by atoms with Crippen molar-refractivity contribution in [1.29, 1.82) is 0 Å². The van der Waals surface area contributed by atoms with Crippen molar-refractivity contribution in [1.82, 2.24) is 5.32 Å². The maximum Gasteiger partial charge on any atom is 0.307 e. The molecule has 0 aliphatic rings. The molecule has 0 saturated heterocycles. The molecule has 2 N–H and O–H groups in total. The number of ether oxygens (including phenoxy) is 1. The number of methoxy groups -OCH3 is 1. The molecule has 0 aromatic heterocycles. The molecule has 0 radical (unpaired) electrons. The second-order valence-corrected chi connectivity index (χ2v) is 5.27. The van der Waals surface area contributed by atoms with E-state index in [1.807, 2.05) is 0 Å². The van der Waals surface area contributed by atoms with E-state index in [1.165, 1.54) is 31.4 Å². The van der Waals surface area contributed by atoms with Gasteiger partial charge in [0.05, 0.1) is 13.5 Å². The third-order valence-electron chi connectivity index (χ3n) is 3.37. The minimum absolute atomic E-state index is 0.0561. The maximum absolute atomic E-state index is 13.1. The smallest absolute Gasteiger partial charge is 0.307 e. The van der Waals surface area contributed by atoms with Gasteiger partial charge in [-0.1, -0.05) is 0 Å². The van der Waals surface area contributed by atoms with E-state index in [-0.39, 0.29) is 24.4 Å². The fourth-order valence-electron chi connectivity index (χ4n) is 2.08. The second-order valence-electron chi connectivity index (χ2n) is 5.27. The van der Waals surface area contributed by atoms with Gasteiger partial charge in [-0.05, 0) is 36.4 Å². The Labute approximate surface area is 148 Å². The minimum Gasteiger partial charge on any atom is -0.469 e. The van der Waals surface area contributed by atoms with Crippen LogP contribution in [0.3, 0.4) is 0 Å². The molecule has 0 spiro atoms. The highest BCUT2D eigenvalue weighted by atomic mass is 19.1. The van der Waals surface area contributed by atoms with Gasteiger partial charge in [0.15, 0.2) is 0 Å². The number of hydrogen-bond donors (Lipinski definition) is 2. The number of anilines is 1. The molecule has 0 atom stereocenters. The molecule has 2 amide bonds. The topological polar surface area (TPSA) is 84.5 Å². The average Bonchev–Trinajstić information content (AvgIpc) is 2.61. The Bertz CT molecular complexity index is 802. The van der Waals surface area contributed by atoms with E-state index in [0.29, 0.717) is 17.3 Å². The molecule has 8 heteroatoms. The molecule has 0 saturated carbocycles. The number of benzene rings is 2. The number of rotatable bonds is 6. The van der Waals surface area contributed by atoms with Gasteiger partial charge >= 0.3 is 5.97 Å². The van der Waals surface area contributed by atoms with Gasteiger partial charge in [0.25, 0.3) is 11.8 Å². The van der Waals surface area contributed by atoms with E-state index in [1.54, 1.807) is 0 Å². The summed E-state index contributed by atoms with van der Waals surface area (Å²) in [6, 6.07) is 8.39. The van der Waals surface area contributed by atoms with E-state index < -0.39 is 23.5 Å². The van der Waals surface area contributed by atoms with Crippen molar-refractivity contribution in [2.24, 2.45) is 0 Å². The fourth-order valence-corrected chi connectivity index (χ4v) is 2.08. The van der Waals surface area contributed by atoms with Gasteiger partial charge in [0.2, 0.25) is 0 Å². The number of halogens is 2. The van der Waals surface area contributed by atoms with Crippen LogP contribution in [0.15, 0.2) is 42.5 Å². The quantitative estimate of drug-likeness (QED) is 0.774. The van der Waals surface area contributed by atoms with Gasteiger partial charge in [-0.25, -0.2) is 8.78 Å². The van der Waals surface area contributed by atoms with Crippen molar-refractivity contribution in [2.45, 2.75) is 6.42 Å². The van der Waals surface area contributed by atoms with Crippen molar-refractivity contribution in [3.05, 3.63) is 65.2 Å². The van der Waals surface area contributed by atoms with Crippen LogP contribution in [0.25, 0.3) is 0 Å². The average molecular weight is 362 g/mol. The van der Waals surface area contributed by atoms with Crippen LogP contribution in [0.2, 0.25) is 0 Å². The largest absolute Gasteiger partial charge is 0.469 e. The minimum atomic E-state index is -0.853. The zero-order valence-corrected chi connectivity index (χ0v) is 13.8. The van der Waals surface area contributed by atoms with Gasteiger partial charge in [0, 0.05) is 29.4 Å². The second kappa shape index (κ2) is 8.70. The molecule has 26 heavy (non-hydrogen) atoms. The van der Waals surface area contributed by atoms with Crippen LogP contribution in [0.5, 0.6) is 0 Å². The molecule has 0 fully saturated rings. The van der Waals surface area contributed by atoms with Crippen molar-refractivity contribution in [2.75, 3.05) is 19.0 Å². The van der Waals surface area contributed by atoms with Gasteiger partial charge < -0.3 is 15.4 Å². The molecule has 2 rings (SSSR count). The number of amides is 2. The third-order valence-corrected chi connectivity index (χ3v) is 3.37. The molecule has 136 valence electrons. The molecule has 0 heterocycles. The van der Waals surface area contributed by atoms with Gasteiger partial charge in [-0.2, -0.15) is 0 Å². The molecule has 0 unspecified atom stereocenters. The lowest BCUT2D eigenvalue weighted by Gasteiger charge is -2.08. The summed E-state index contributed by atoms with van der Waals surface area (Å²) in [6.45, 7) is 0.134. The highest BCUT2D eigenvalue weighted by molar-refractivity contribution is 6.04. The van der Waals surface area contributed by atoms with Crippen molar-refractivity contribution in [3.8, 4) is 0 Å². The van der Waals surface area contributed by atoms with Crippen molar-refractivity contribution < 1.29 is 27.9 Å². The summed E-state index contributed by atoms with van der Waals surface area (Å²) in [5, 5.41) is 5.03. The zero-order valence-electron chi connectivity index (χ0n) is 13.8. The van der Waals surface area contributed by atoms with E-state index in [9.17, 15) is 23.2 Å². The molecule has 2 aromatic rings. The van der Waals surface area contributed by atoms with E-state index >= 15 is 0 Å². The maximum atomic E-state index is 13.1. The van der Waals surface area contributed by atoms with Crippen molar-refractivity contribution in [3.63, 3.8) is 0 Å². The molecule has 0 aliphatic carbocycles. The first-order valence-electron chi connectivity index (χ1n) is 7.61. The summed E-state index contributed by atoms with van der Waals surface area (Å²) in [4.78, 5) is 34.9. The molecular formula is C18H16F2N2O4. The number of nitrogens with one attached hydrogen (secondary N) is 2. The van der Waals surface area contributed by atoms with Gasteiger partial charge in [-0.3, -0.25) is 14.4 Å². The van der Waals surface area contributed by atoms with Gasteiger partial charge in [0.1, 0.15) is 11.6 Å². The molecule has 6 nitrogen and oxygen atoms in total. The first kappa shape index (κ1) is 19.0. The Hall–Kier alpha value is -3.29. The first-order chi connectivity index (χ1) is 12.4. The third kappa shape index (κ3) is 5.37. The monoisotopic (exact) mass is 362 g/mol. The Kier molecular flexibility index (Phi) is 6.37. The SMILES string of the molecule is COC(=O)CCNC(=O)c1ccc(NC(=O)c2cc(F)cc(F)c2)cc1. The molecule has 0 bridgehead atoms. The summed E-state index contributed by atoms with van der Waals surface area (Å²) in [6.07, 6.45) is 0.0561. The zero-order chi connectivity index (χ0) is 19.1. The van der Waals surface area contributed by atoms with Crippen LogP contribution in [0, 0.1) is 11.6 Å². The van der Waals surface area contributed by atoms with Crippen LogP contribution < -0.4 is 10.6 Å². The first-order valence-corrected chi connectivity index (χ1v) is 7.61. The predicted octanol–water partition coefficient (Wildman–Crippen LogP) is 2.51. The highest BCUT2D eigenvalue weighted by Gasteiger charge is 2.11. The number of carbonyl (C=O) groups excluding carboxylic acids is 3. The normalized spacial score (nSPS) is 10.1. The lowest BCUT2D eigenvalue weighted by Crippen LogP contribution is -2.26. The lowest BCUT2D eigenvalue weighted by molar-refractivity contribution is -0.140. The molecular weight excluding hydrogens is 346 g/mol. The Morgan fingerprint density at radius 1 is 0.923 bits per heavy atom. The van der Waals surface area contributed by atoms with E-state index in [2.05, 4.69) is 15.4 Å². The van der Waals surface area contributed by atoms with Crippen LogP contribution in [-0.2, 0) is 9.53 Å². The standard InChI is InChI=1S/C18H16F2N2O4/c1-26-16(23)6-7-21-17(24)11-2-4-15(5-3-11)22-18(25)12-8-13(19)10-14(20)9-12/h2-5,8-10H,6-7H2,1H3,(H,21,24)(H,22,25). The van der Waals surface area contributed by atoms with Crippen LogP contribution in [0.1, 0.15) is 27.1 Å². The Morgan fingerprint density at radius 2 is 1.54 bits per heavy atom. The highest BCUT2D eigenvalue weighted by Crippen LogP contribution is 2.13. The molecule has 0 aliphatic heterocycles. The number of carbonyl (C=O) groups is 3. The van der Waals surface area contributed by atoms with Crippen LogP contribution in [-0.4, -0.2) is 31.4 Å². The Balaban J connectivity index is 1.95. The Morgan fingerprint density at radius 3 is 2.12 bits per heavy atom. The summed E-state index contributed by atoms with van der Waals surface area (Å²) in [5.74, 6) is -3.21. The van der Waals surface area contributed by atoms with Gasteiger partial charge in [-0.15, -0.1) is 0 Å². The summed E-state index contributed by atoms with van der Waals surface area (Å²) < 4.78 is 30.8. The summed E-state index contributed by atoms with van der Waals surface area (Å²) in [7, 11) is 1.26. The summed E-state index contributed by atoms with van der Waals surface area (Å²) in [5.41, 5.74) is 0.516. The van der Waals surface area contributed by atoms with E-state index in [0.717, 1.165) is 12.1 Å². The van der Waals surface area contributed by atoms with E-state index in [4.69, 9.17) is 0 Å². The lowest BCUT2D eigenvalue weighted by atomic mass is 10.1. The fraction of sp³-hybridized carbons (Fsp3) is 0.167.